The van der Waals surface area contributed by atoms with Crippen LogP contribution in [0.15, 0.2) is 47.4 Å². The molecular weight excluding hydrogens is 434 g/mol. The number of amides is 1. The molecule has 0 unspecified atom stereocenters. The first-order valence-electron chi connectivity index (χ1n) is 10.8. The van der Waals surface area contributed by atoms with E-state index in [1.165, 1.54) is 5.56 Å². The minimum absolute atomic E-state index is 0.0186. The van der Waals surface area contributed by atoms with Crippen LogP contribution in [0.1, 0.15) is 36.8 Å². The summed E-state index contributed by atoms with van der Waals surface area (Å²) < 4.78 is 28.4. The third-order valence-corrected chi connectivity index (χ3v) is 7.77. The molecule has 0 atom stereocenters. The Kier molecular flexibility index (Phi) is 6.96. The number of likely N-dealkylation sites (tertiary alicyclic amines) is 1. The molecule has 2 N–H and O–H groups in total. The number of carbonyl (C=O) groups is 1. The second-order valence-corrected chi connectivity index (χ2v) is 10.6. The number of nitrogens with one attached hydrogen (secondary N) is 2. The number of rotatable bonds is 6. The molecule has 2 aromatic rings. The minimum Gasteiger partial charge on any atom is -0.326 e. The average molecular weight is 462 g/mol. The fourth-order valence-corrected chi connectivity index (χ4v) is 5.52. The highest BCUT2D eigenvalue weighted by Crippen LogP contribution is 2.26. The predicted octanol–water partition coefficient (Wildman–Crippen LogP) is 3.81. The van der Waals surface area contributed by atoms with E-state index in [-0.39, 0.29) is 10.8 Å². The number of nitrogens with zero attached hydrogens (tertiary/aromatic N) is 1. The van der Waals surface area contributed by atoms with Crippen molar-refractivity contribution in [1.82, 2.24) is 9.62 Å². The van der Waals surface area contributed by atoms with E-state index in [0.29, 0.717) is 25.3 Å². The zero-order valence-corrected chi connectivity index (χ0v) is 19.0. The molecule has 6 nitrogen and oxygen atoms in total. The maximum absolute atomic E-state index is 12.8. The summed E-state index contributed by atoms with van der Waals surface area (Å²) >= 11 is 5.95. The van der Waals surface area contributed by atoms with Gasteiger partial charge in [-0.05, 0) is 86.1 Å². The molecule has 2 heterocycles. The van der Waals surface area contributed by atoms with Crippen molar-refractivity contribution >= 4 is 33.2 Å². The Hall–Kier alpha value is -1.93. The number of benzene rings is 2. The predicted molar refractivity (Wildman–Crippen MR) is 123 cm³/mol. The number of hydrogen-bond acceptors (Lipinski definition) is 4. The van der Waals surface area contributed by atoms with Gasteiger partial charge in [-0.2, -0.15) is 0 Å². The number of carbonyl (C=O) groups excluding carboxylic acids is 1. The standard InChI is InChI=1S/C23H28ClN3O3S/c24-20-6-4-18(5-7-20)16-27-12-10-17(11-13-27)15-25-31(29,30)21-8-9-22-19(14-21)2-1-3-23(28)26-22/h4-9,14,17,25H,1-3,10-13,15-16H2,(H,26,28). The highest BCUT2D eigenvalue weighted by molar-refractivity contribution is 7.89. The molecule has 0 aromatic heterocycles. The number of sulfonamides is 1. The molecule has 0 radical (unpaired) electrons. The van der Waals surface area contributed by atoms with Crippen molar-refractivity contribution in [3.8, 4) is 0 Å². The number of hydrogen-bond donors (Lipinski definition) is 2. The molecule has 1 amide bonds. The summed E-state index contributed by atoms with van der Waals surface area (Å²) in [5, 5.41) is 3.59. The van der Waals surface area contributed by atoms with Crippen LogP contribution >= 0.6 is 11.6 Å². The van der Waals surface area contributed by atoms with Crippen LogP contribution in [-0.4, -0.2) is 38.9 Å². The first kappa shape index (κ1) is 22.3. The number of halogens is 1. The van der Waals surface area contributed by atoms with Crippen LogP contribution in [0, 0.1) is 5.92 Å². The van der Waals surface area contributed by atoms with E-state index in [4.69, 9.17) is 11.6 Å². The van der Waals surface area contributed by atoms with Crippen LogP contribution in [-0.2, 0) is 27.8 Å². The van der Waals surface area contributed by atoms with Gasteiger partial charge in [-0.1, -0.05) is 23.7 Å². The summed E-state index contributed by atoms with van der Waals surface area (Å²) in [4.78, 5) is 14.4. The topological polar surface area (TPSA) is 78.5 Å². The highest BCUT2D eigenvalue weighted by Gasteiger charge is 2.23. The fourth-order valence-electron chi connectivity index (χ4n) is 4.23. The third-order valence-electron chi connectivity index (χ3n) is 6.10. The summed E-state index contributed by atoms with van der Waals surface area (Å²) in [5.41, 5.74) is 2.83. The quantitative estimate of drug-likeness (QED) is 0.685. The largest absolute Gasteiger partial charge is 0.326 e. The van der Waals surface area contributed by atoms with Crippen LogP contribution < -0.4 is 10.0 Å². The number of aryl methyl sites for hydroxylation is 1. The SMILES string of the molecule is O=C1CCCc2cc(S(=O)(=O)NCC3CCN(Cc4ccc(Cl)cc4)CC3)ccc2N1. The lowest BCUT2D eigenvalue weighted by atomic mass is 9.97. The monoisotopic (exact) mass is 461 g/mol. The average Bonchev–Trinajstić information content (AvgIpc) is 2.95. The smallest absolute Gasteiger partial charge is 0.240 e. The van der Waals surface area contributed by atoms with Crippen molar-refractivity contribution in [2.24, 2.45) is 5.92 Å². The van der Waals surface area contributed by atoms with Crippen molar-refractivity contribution in [1.29, 1.82) is 0 Å². The van der Waals surface area contributed by atoms with Crippen molar-refractivity contribution in [2.45, 2.75) is 43.5 Å². The van der Waals surface area contributed by atoms with Gasteiger partial charge >= 0.3 is 0 Å². The van der Waals surface area contributed by atoms with Gasteiger partial charge in [-0.3, -0.25) is 9.69 Å². The van der Waals surface area contributed by atoms with Crippen LogP contribution in [0.3, 0.4) is 0 Å². The van der Waals surface area contributed by atoms with Crippen molar-refractivity contribution in [2.75, 3.05) is 25.0 Å². The Morgan fingerprint density at radius 1 is 1.06 bits per heavy atom. The second-order valence-electron chi connectivity index (χ2n) is 8.42. The van der Waals surface area contributed by atoms with Gasteiger partial charge in [0.15, 0.2) is 0 Å². The highest BCUT2D eigenvalue weighted by atomic mass is 35.5. The maximum atomic E-state index is 12.8. The van der Waals surface area contributed by atoms with Crippen molar-refractivity contribution in [3.63, 3.8) is 0 Å². The van der Waals surface area contributed by atoms with Gasteiger partial charge in [0.25, 0.3) is 0 Å². The summed E-state index contributed by atoms with van der Waals surface area (Å²) in [6.07, 6.45) is 3.82. The van der Waals surface area contributed by atoms with Gasteiger partial charge < -0.3 is 5.32 Å². The van der Waals surface area contributed by atoms with E-state index in [1.54, 1.807) is 18.2 Å². The fraction of sp³-hybridized carbons (Fsp3) is 0.435. The van der Waals surface area contributed by atoms with E-state index in [1.807, 2.05) is 12.1 Å². The summed E-state index contributed by atoms with van der Waals surface area (Å²) in [6, 6.07) is 12.9. The molecule has 2 aliphatic heterocycles. The maximum Gasteiger partial charge on any atom is 0.240 e. The molecule has 0 bridgehead atoms. The molecule has 166 valence electrons. The Morgan fingerprint density at radius 3 is 2.55 bits per heavy atom. The van der Waals surface area contributed by atoms with Crippen molar-refractivity contribution in [3.05, 3.63) is 58.6 Å². The van der Waals surface area contributed by atoms with E-state index >= 15 is 0 Å². The molecule has 0 spiro atoms. The zero-order chi connectivity index (χ0) is 21.8. The van der Waals surface area contributed by atoms with Gasteiger partial charge in [0.05, 0.1) is 4.90 Å². The number of fused-ring (bicyclic) bond motifs is 1. The molecule has 1 saturated heterocycles. The van der Waals surface area contributed by atoms with Gasteiger partial charge in [0, 0.05) is 30.2 Å². The number of anilines is 1. The van der Waals surface area contributed by atoms with E-state index < -0.39 is 10.0 Å². The third kappa shape index (κ3) is 5.86. The molecule has 8 heteroatoms. The van der Waals surface area contributed by atoms with Gasteiger partial charge in [0.2, 0.25) is 15.9 Å². The molecule has 2 aromatic carbocycles. The first-order valence-corrected chi connectivity index (χ1v) is 12.6. The second kappa shape index (κ2) is 9.69. The van der Waals surface area contributed by atoms with E-state index in [9.17, 15) is 13.2 Å². The van der Waals surface area contributed by atoms with E-state index in [0.717, 1.165) is 55.2 Å². The van der Waals surface area contributed by atoms with Crippen LogP contribution in [0.25, 0.3) is 0 Å². The lowest BCUT2D eigenvalue weighted by molar-refractivity contribution is -0.116. The molecule has 0 saturated carbocycles. The minimum atomic E-state index is -3.57. The number of piperidine rings is 1. The van der Waals surface area contributed by atoms with Gasteiger partial charge in [-0.25, -0.2) is 13.1 Å². The normalized spacial score (nSPS) is 18.3. The Morgan fingerprint density at radius 2 is 1.81 bits per heavy atom. The van der Waals surface area contributed by atoms with Gasteiger partial charge in [-0.15, -0.1) is 0 Å². The summed E-state index contributed by atoms with van der Waals surface area (Å²) in [7, 11) is -3.57. The molecule has 1 fully saturated rings. The lowest BCUT2D eigenvalue weighted by Gasteiger charge is -2.32. The molecule has 31 heavy (non-hydrogen) atoms. The summed E-state index contributed by atoms with van der Waals surface area (Å²) in [5.74, 6) is 0.311. The van der Waals surface area contributed by atoms with Crippen LogP contribution in [0.5, 0.6) is 0 Å². The Balaban J connectivity index is 1.29. The van der Waals surface area contributed by atoms with Crippen LogP contribution in [0.4, 0.5) is 5.69 Å². The zero-order valence-electron chi connectivity index (χ0n) is 17.4. The molecular formula is C23H28ClN3O3S. The Labute approximate surface area is 189 Å². The molecule has 0 aliphatic carbocycles. The molecule has 4 rings (SSSR count). The van der Waals surface area contributed by atoms with Crippen LogP contribution in [0.2, 0.25) is 5.02 Å². The van der Waals surface area contributed by atoms with Gasteiger partial charge in [0.1, 0.15) is 0 Å². The Bertz CT molecular complexity index is 1030. The van der Waals surface area contributed by atoms with E-state index in [2.05, 4.69) is 27.1 Å². The molecule has 2 aliphatic rings. The summed E-state index contributed by atoms with van der Waals surface area (Å²) in [6.45, 7) is 3.24. The first-order chi connectivity index (χ1) is 14.9. The lowest BCUT2D eigenvalue weighted by Crippen LogP contribution is -2.38. The van der Waals surface area contributed by atoms with Crippen molar-refractivity contribution < 1.29 is 13.2 Å².